The molecule has 4 heteroatoms. The molecule has 3 aromatic heterocycles. The van der Waals surface area contributed by atoms with Crippen molar-refractivity contribution in [2.75, 3.05) is 0 Å². The van der Waals surface area contributed by atoms with Gasteiger partial charge in [-0.25, -0.2) is 9.97 Å². The number of hydrogen-bond acceptors (Lipinski definition) is 2. The lowest BCUT2D eigenvalue weighted by atomic mass is 9.63. The van der Waals surface area contributed by atoms with Crippen LogP contribution in [0.25, 0.3) is 110 Å². The van der Waals surface area contributed by atoms with Crippen molar-refractivity contribution >= 4 is 65.2 Å². The van der Waals surface area contributed by atoms with E-state index in [1.54, 1.807) is 0 Å². The van der Waals surface area contributed by atoms with Crippen LogP contribution in [0.2, 0.25) is 0 Å². The Morgan fingerprint density at radius 1 is 0.379 bits per heavy atom. The molecule has 9 aromatic carbocycles. The third-order valence-electron chi connectivity index (χ3n) is 14.8. The Morgan fingerprint density at radius 2 is 0.894 bits per heavy atom. The lowest BCUT2D eigenvalue weighted by molar-refractivity contribution is 0.332. The largest absolute Gasteiger partial charge is 0.307 e. The Balaban J connectivity index is 1.15. The molecule has 0 amide bonds. The summed E-state index contributed by atoms with van der Waals surface area (Å²) in [5, 5.41) is 9.86. The fraction of sp³-hybridized carbons (Fsp3) is 0.129. The molecular weight excluding hydrogens is 801 g/mol. The summed E-state index contributed by atoms with van der Waals surface area (Å²) in [6, 6.07) is 70.7. The van der Waals surface area contributed by atoms with Crippen LogP contribution in [0.4, 0.5) is 0 Å². The van der Waals surface area contributed by atoms with Gasteiger partial charge in [0.1, 0.15) is 0 Å². The van der Waals surface area contributed by atoms with E-state index in [-0.39, 0.29) is 10.8 Å². The molecule has 4 nitrogen and oxygen atoms in total. The normalized spacial score (nSPS) is 14.5. The summed E-state index contributed by atoms with van der Waals surface area (Å²) >= 11 is 0. The standard InChI is InChI=1S/C62H48N4/c1-61(2)33-34-62(3,4)51-37-55-49(36-50(51)61)57-47-24-14-13-23-46(47)56-48-25-15-16-26-54(48)66(59(56)58(57)65(55)45-21-9-6-10-22-45)60-63-52(41-18-7-5-8-19-41)38-53(64-60)42-30-27-40(28-31-42)44-32-29-39-17-11-12-20-43(39)35-44/h5-32,35-38H,33-34H2,1-4H3. The highest BCUT2D eigenvalue weighted by atomic mass is 15.2. The van der Waals surface area contributed by atoms with Gasteiger partial charge in [0.15, 0.2) is 0 Å². The number of hydrogen-bond donors (Lipinski definition) is 0. The highest BCUT2D eigenvalue weighted by Crippen LogP contribution is 2.51. The zero-order valence-electron chi connectivity index (χ0n) is 37.7. The molecule has 66 heavy (non-hydrogen) atoms. The molecule has 0 fully saturated rings. The maximum Gasteiger partial charge on any atom is 0.235 e. The molecule has 0 atom stereocenters. The van der Waals surface area contributed by atoms with Gasteiger partial charge in [-0.3, -0.25) is 4.57 Å². The second kappa shape index (κ2) is 14.3. The third kappa shape index (κ3) is 5.84. The second-order valence-electron chi connectivity index (χ2n) is 19.6. The first-order valence-corrected chi connectivity index (χ1v) is 23.3. The van der Waals surface area contributed by atoms with Crippen LogP contribution >= 0.6 is 0 Å². The van der Waals surface area contributed by atoms with Crippen LogP contribution in [0.3, 0.4) is 0 Å². The maximum absolute atomic E-state index is 5.60. The van der Waals surface area contributed by atoms with Crippen LogP contribution in [0.5, 0.6) is 0 Å². The number of benzene rings is 9. The minimum atomic E-state index is 0.0408. The molecule has 3 heterocycles. The first-order valence-electron chi connectivity index (χ1n) is 23.3. The van der Waals surface area contributed by atoms with Crippen molar-refractivity contribution < 1.29 is 0 Å². The predicted molar refractivity (Wildman–Crippen MR) is 277 cm³/mol. The minimum Gasteiger partial charge on any atom is -0.307 e. The van der Waals surface area contributed by atoms with Gasteiger partial charge in [-0.1, -0.05) is 179 Å². The van der Waals surface area contributed by atoms with Gasteiger partial charge < -0.3 is 4.57 Å². The summed E-state index contributed by atoms with van der Waals surface area (Å²) < 4.78 is 4.91. The van der Waals surface area contributed by atoms with Crippen LogP contribution in [0.15, 0.2) is 194 Å². The van der Waals surface area contributed by atoms with Gasteiger partial charge in [0, 0.05) is 38.4 Å². The summed E-state index contributed by atoms with van der Waals surface area (Å²) in [4.78, 5) is 11.2. The molecule has 0 unspecified atom stereocenters. The van der Waals surface area contributed by atoms with Crippen molar-refractivity contribution in [1.29, 1.82) is 0 Å². The minimum absolute atomic E-state index is 0.0408. The summed E-state index contributed by atoms with van der Waals surface area (Å²) in [5.41, 5.74) is 14.9. The molecule has 0 radical (unpaired) electrons. The molecule has 1 aliphatic carbocycles. The summed E-state index contributed by atoms with van der Waals surface area (Å²) in [7, 11) is 0. The molecule has 0 aliphatic heterocycles. The average molecular weight is 849 g/mol. The first-order chi connectivity index (χ1) is 32.2. The highest BCUT2D eigenvalue weighted by molar-refractivity contribution is 6.36. The molecule has 1 aliphatic rings. The SMILES string of the molecule is CC1(C)CCC(C)(C)c2cc3c(cc21)c1c2ccccc2c2c4ccccc4n(-c4nc(-c5ccccc5)cc(-c5ccc(-c6ccc7ccccc7c6)cc5)n4)c2c1n3-c1ccccc1. The highest BCUT2D eigenvalue weighted by Gasteiger charge is 2.38. The summed E-state index contributed by atoms with van der Waals surface area (Å²) in [6.45, 7) is 9.73. The van der Waals surface area contributed by atoms with Crippen molar-refractivity contribution in [3.05, 3.63) is 205 Å². The zero-order valence-corrected chi connectivity index (χ0v) is 37.7. The van der Waals surface area contributed by atoms with Crippen molar-refractivity contribution in [3.8, 4) is 45.3 Å². The van der Waals surface area contributed by atoms with E-state index in [4.69, 9.17) is 9.97 Å². The first kappa shape index (κ1) is 38.6. The fourth-order valence-electron chi connectivity index (χ4n) is 11.2. The van der Waals surface area contributed by atoms with E-state index in [1.165, 1.54) is 70.9 Å². The zero-order chi connectivity index (χ0) is 44.3. The number of aromatic nitrogens is 4. The molecule has 0 spiro atoms. The monoisotopic (exact) mass is 848 g/mol. The Bertz CT molecular complexity index is 3910. The van der Waals surface area contributed by atoms with Crippen molar-refractivity contribution in [1.82, 2.24) is 19.1 Å². The van der Waals surface area contributed by atoms with Crippen molar-refractivity contribution in [2.24, 2.45) is 0 Å². The van der Waals surface area contributed by atoms with Crippen LogP contribution < -0.4 is 0 Å². The molecule has 13 rings (SSSR count). The number of rotatable bonds is 5. The molecule has 0 N–H and O–H groups in total. The molecule has 12 aromatic rings. The van der Waals surface area contributed by atoms with Crippen molar-refractivity contribution in [3.63, 3.8) is 0 Å². The predicted octanol–water partition coefficient (Wildman–Crippen LogP) is 16.3. The van der Waals surface area contributed by atoms with Gasteiger partial charge in [0.2, 0.25) is 5.95 Å². The number of fused-ring (bicyclic) bond motifs is 12. The Hall–Kier alpha value is -7.82. The van der Waals surface area contributed by atoms with Crippen LogP contribution in [-0.4, -0.2) is 19.1 Å². The molecule has 316 valence electrons. The van der Waals surface area contributed by atoms with Crippen LogP contribution in [-0.2, 0) is 10.8 Å². The number of nitrogens with zero attached hydrogens (tertiary/aromatic N) is 4. The number of para-hydroxylation sites is 2. The molecular formula is C62H48N4. The van der Waals surface area contributed by atoms with Crippen LogP contribution in [0.1, 0.15) is 51.7 Å². The van der Waals surface area contributed by atoms with Gasteiger partial charge in [0.05, 0.1) is 33.5 Å². The van der Waals surface area contributed by atoms with Crippen LogP contribution in [0, 0.1) is 0 Å². The van der Waals surface area contributed by atoms with Gasteiger partial charge in [-0.15, -0.1) is 0 Å². The van der Waals surface area contributed by atoms with Gasteiger partial charge in [0.25, 0.3) is 0 Å². The summed E-state index contributed by atoms with van der Waals surface area (Å²) in [5.74, 6) is 0.638. The average Bonchev–Trinajstić information content (AvgIpc) is 3.89. The van der Waals surface area contributed by atoms with Gasteiger partial charge >= 0.3 is 0 Å². The molecule has 0 saturated heterocycles. The molecule has 0 saturated carbocycles. The van der Waals surface area contributed by atoms with Gasteiger partial charge in [-0.2, -0.15) is 0 Å². The Kier molecular flexibility index (Phi) is 8.39. The smallest absolute Gasteiger partial charge is 0.235 e. The Morgan fingerprint density at radius 3 is 1.59 bits per heavy atom. The van der Waals surface area contributed by atoms with E-state index in [2.05, 4.69) is 231 Å². The van der Waals surface area contributed by atoms with E-state index in [0.29, 0.717) is 5.95 Å². The quantitative estimate of drug-likeness (QED) is 0.173. The Labute approximate surface area is 384 Å². The van der Waals surface area contributed by atoms with E-state index in [1.807, 2.05) is 0 Å². The lowest BCUT2D eigenvalue weighted by Gasteiger charge is -2.42. The molecule has 0 bridgehead atoms. The second-order valence-corrected chi connectivity index (χ2v) is 19.6. The van der Waals surface area contributed by atoms with E-state index < -0.39 is 0 Å². The summed E-state index contributed by atoms with van der Waals surface area (Å²) in [6.07, 6.45) is 2.30. The third-order valence-corrected chi connectivity index (χ3v) is 14.8. The maximum atomic E-state index is 5.60. The van der Waals surface area contributed by atoms with E-state index >= 15 is 0 Å². The van der Waals surface area contributed by atoms with E-state index in [0.717, 1.165) is 57.6 Å². The van der Waals surface area contributed by atoms with Gasteiger partial charge in [-0.05, 0) is 110 Å². The topological polar surface area (TPSA) is 35.6 Å². The lowest BCUT2D eigenvalue weighted by Crippen LogP contribution is -2.33. The fourth-order valence-corrected chi connectivity index (χ4v) is 11.2. The van der Waals surface area contributed by atoms with Crippen molar-refractivity contribution in [2.45, 2.75) is 51.4 Å². The van der Waals surface area contributed by atoms with E-state index in [9.17, 15) is 0 Å².